The lowest BCUT2D eigenvalue weighted by atomic mass is 9.86. The number of carboxylic acids is 1. The van der Waals surface area contributed by atoms with Gasteiger partial charge in [-0.25, -0.2) is 0 Å². The second kappa shape index (κ2) is 6.89. The van der Waals surface area contributed by atoms with Gasteiger partial charge >= 0.3 is 5.97 Å². The summed E-state index contributed by atoms with van der Waals surface area (Å²) >= 11 is 0. The molecule has 0 aromatic rings. The number of amides is 1. The van der Waals surface area contributed by atoms with Crippen LogP contribution in [0.1, 0.15) is 44.9 Å². The van der Waals surface area contributed by atoms with Crippen LogP contribution in [0.25, 0.3) is 0 Å². The van der Waals surface area contributed by atoms with Crippen LogP contribution >= 0.6 is 0 Å². The molecule has 1 aliphatic carbocycles. The number of aliphatic carboxylic acids is 1. The molecule has 0 spiro atoms. The van der Waals surface area contributed by atoms with Gasteiger partial charge in [-0.05, 0) is 44.4 Å². The molecule has 2 fully saturated rings. The average molecular weight is 269 g/mol. The number of rotatable bonds is 4. The molecule has 5 heteroatoms. The van der Waals surface area contributed by atoms with Gasteiger partial charge in [0.05, 0.1) is 5.92 Å². The summed E-state index contributed by atoms with van der Waals surface area (Å²) in [7, 11) is 0. The fraction of sp³-hybridized carbons (Fsp3) is 0.857. The van der Waals surface area contributed by atoms with Crippen LogP contribution in [0.15, 0.2) is 0 Å². The zero-order valence-electron chi connectivity index (χ0n) is 11.3. The Kier molecular flexibility index (Phi) is 5.19. The molecule has 0 aromatic heterocycles. The first-order chi connectivity index (χ1) is 9.15. The van der Waals surface area contributed by atoms with Gasteiger partial charge in [-0.1, -0.05) is 0 Å². The van der Waals surface area contributed by atoms with Crippen LogP contribution < -0.4 is 5.32 Å². The molecule has 0 unspecified atom stereocenters. The molecular formula is C14H23NO4. The van der Waals surface area contributed by atoms with Gasteiger partial charge in [0.15, 0.2) is 0 Å². The Morgan fingerprint density at radius 1 is 1.05 bits per heavy atom. The lowest BCUT2D eigenvalue weighted by molar-refractivity contribution is -0.142. The molecule has 0 bridgehead atoms. The molecular weight excluding hydrogens is 246 g/mol. The van der Waals surface area contributed by atoms with Gasteiger partial charge in [0.1, 0.15) is 0 Å². The van der Waals surface area contributed by atoms with Crippen molar-refractivity contribution in [2.24, 2.45) is 11.8 Å². The van der Waals surface area contributed by atoms with Crippen molar-refractivity contribution in [2.45, 2.75) is 51.0 Å². The van der Waals surface area contributed by atoms with Crippen molar-refractivity contribution in [3.8, 4) is 0 Å². The van der Waals surface area contributed by atoms with E-state index in [1.165, 1.54) is 0 Å². The first kappa shape index (κ1) is 14.3. The van der Waals surface area contributed by atoms with Crippen molar-refractivity contribution in [1.82, 2.24) is 5.32 Å². The fourth-order valence-electron chi connectivity index (χ4n) is 2.98. The summed E-state index contributed by atoms with van der Waals surface area (Å²) in [6, 6.07) is 0.169. The van der Waals surface area contributed by atoms with E-state index in [1.807, 2.05) is 0 Å². The van der Waals surface area contributed by atoms with E-state index in [4.69, 9.17) is 9.84 Å². The van der Waals surface area contributed by atoms with E-state index < -0.39 is 5.97 Å². The maximum atomic E-state index is 11.9. The number of nitrogens with one attached hydrogen (secondary N) is 1. The number of ether oxygens (including phenoxy) is 1. The molecule has 0 aromatic carbocycles. The third-order valence-corrected chi connectivity index (χ3v) is 4.26. The Morgan fingerprint density at radius 2 is 1.68 bits per heavy atom. The van der Waals surface area contributed by atoms with Crippen molar-refractivity contribution < 1.29 is 19.4 Å². The minimum Gasteiger partial charge on any atom is -0.481 e. The summed E-state index contributed by atoms with van der Waals surface area (Å²) < 4.78 is 5.28. The molecule has 1 heterocycles. The third kappa shape index (κ3) is 4.49. The quantitative estimate of drug-likeness (QED) is 0.812. The van der Waals surface area contributed by atoms with Gasteiger partial charge in [-0.2, -0.15) is 0 Å². The Morgan fingerprint density at radius 3 is 2.26 bits per heavy atom. The number of carbonyl (C=O) groups excluding carboxylic acids is 1. The van der Waals surface area contributed by atoms with Crippen molar-refractivity contribution in [2.75, 3.05) is 13.2 Å². The minimum absolute atomic E-state index is 0.116. The Labute approximate surface area is 113 Å². The molecule has 5 nitrogen and oxygen atoms in total. The highest BCUT2D eigenvalue weighted by atomic mass is 16.5. The number of hydrogen-bond acceptors (Lipinski definition) is 3. The summed E-state index contributed by atoms with van der Waals surface area (Å²) in [5.41, 5.74) is 0. The largest absolute Gasteiger partial charge is 0.481 e. The highest BCUT2D eigenvalue weighted by molar-refractivity contribution is 5.76. The van der Waals surface area contributed by atoms with Crippen LogP contribution in [0.3, 0.4) is 0 Å². The number of carbonyl (C=O) groups is 2. The van der Waals surface area contributed by atoms with Crippen molar-refractivity contribution >= 4 is 11.9 Å². The Hall–Kier alpha value is -1.10. The predicted octanol–water partition coefficient (Wildman–Crippen LogP) is 1.56. The summed E-state index contributed by atoms with van der Waals surface area (Å²) in [5, 5.41) is 12.0. The highest BCUT2D eigenvalue weighted by Gasteiger charge is 2.27. The molecule has 108 valence electrons. The zero-order valence-corrected chi connectivity index (χ0v) is 11.3. The standard InChI is InChI=1S/C14H23NO4/c16-13(9-10-5-7-19-8-6-10)15-12-3-1-11(2-4-12)14(17)18/h10-12H,1-9H2,(H,15,16)(H,17,18). The van der Waals surface area contributed by atoms with Gasteiger partial charge in [0.2, 0.25) is 5.91 Å². The van der Waals surface area contributed by atoms with E-state index in [0.29, 0.717) is 25.2 Å². The summed E-state index contributed by atoms with van der Waals surface area (Å²) in [6.45, 7) is 1.53. The molecule has 2 N–H and O–H groups in total. The Balaban J connectivity index is 1.67. The zero-order chi connectivity index (χ0) is 13.7. The SMILES string of the molecule is O=C(CC1CCOCC1)NC1CCC(C(=O)O)CC1. The molecule has 1 amide bonds. The van der Waals surface area contributed by atoms with Crippen LogP contribution in [-0.2, 0) is 14.3 Å². The summed E-state index contributed by atoms with van der Waals surface area (Å²) in [6.07, 6.45) is 5.46. The maximum absolute atomic E-state index is 11.9. The average Bonchev–Trinajstić information content (AvgIpc) is 2.40. The van der Waals surface area contributed by atoms with Gasteiger partial charge < -0.3 is 15.2 Å². The monoisotopic (exact) mass is 269 g/mol. The van der Waals surface area contributed by atoms with E-state index in [0.717, 1.165) is 38.9 Å². The highest BCUT2D eigenvalue weighted by Crippen LogP contribution is 2.25. The van der Waals surface area contributed by atoms with Crippen LogP contribution in [0.4, 0.5) is 0 Å². The predicted molar refractivity (Wildman–Crippen MR) is 69.7 cm³/mol. The third-order valence-electron chi connectivity index (χ3n) is 4.26. The van der Waals surface area contributed by atoms with E-state index in [1.54, 1.807) is 0 Å². The number of carboxylic acid groups (broad SMARTS) is 1. The maximum Gasteiger partial charge on any atom is 0.306 e. The molecule has 2 aliphatic rings. The minimum atomic E-state index is -0.702. The molecule has 2 rings (SSSR count). The molecule has 1 aliphatic heterocycles. The van der Waals surface area contributed by atoms with Gasteiger partial charge in [0.25, 0.3) is 0 Å². The second-order valence-electron chi connectivity index (χ2n) is 5.71. The van der Waals surface area contributed by atoms with Crippen LogP contribution in [0.2, 0.25) is 0 Å². The summed E-state index contributed by atoms with van der Waals surface area (Å²) in [4.78, 5) is 22.8. The first-order valence-electron chi connectivity index (χ1n) is 7.25. The normalized spacial score (nSPS) is 28.8. The van der Waals surface area contributed by atoms with Crippen LogP contribution in [0.5, 0.6) is 0 Å². The molecule has 1 saturated carbocycles. The molecule has 0 atom stereocenters. The van der Waals surface area contributed by atoms with Crippen LogP contribution in [0, 0.1) is 11.8 Å². The van der Waals surface area contributed by atoms with E-state index in [9.17, 15) is 9.59 Å². The number of hydrogen-bond donors (Lipinski definition) is 2. The smallest absolute Gasteiger partial charge is 0.306 e. The fourth-order valence-corrected chi connectivity index (χ4v) is 2.98. The first-order valence-corrected chi connectivity index (χ1v) is 7.25. The Bertz CT molecular complexity index is 317. The molecule has 1 saturated heterocycles. The topological polar surface area (TPSA) is 75.6 Å². The van der Waals surface area contributed by atoms with E-state index in [-0.39, 0.29) is 17.9 Å². The van der Waals surface area contributed by atoms with Gasteiger partial charge in [0, 0.05) is 25.7 Å². The lowest BCUT2D eigenvalue weighted by Crippen LogP contribution is -2.39. The second-order valence-corrected chi connectivity index (χ2v) is 5.71. The molecule has 0 radical (unpaired) electrons. The summed E-state index contributed by atoms with van der Waals surface area (Å²) in [5.74, 6) is -0.356. The van der Waals surface area contributed by atoms with Gasteiger partial charge in [-0.3, -0.25) is 9.59 Å². The van der Waals surface area contributed by atoms with Crippen molar-refractivity contribution in [3.63, 3.8) is 0 Å². The van der Waals surface area contributed by atoms with Crippen LogP contribution in [-0.4, -0.2) is 36.2 Å². The molecule has 19 heavy (non-hydrogen) atoms. The van der Waals surface area contributed by atoms with E-state index >= 15 is 0 Å². The van der Waals surface area contributed by atoms with Crippen molar-refractivity contribution in [1.29, 1.82) is 0 Å². The van der Waals surface area contributed by atoms with Gasteiger partial charge in [-0.15, -0.1) is 0 Å². The van der Waals surface area contributed by atoms with E-state index in [2.05, 4.69) is 5.32 Å². The van der Waals surface area contributed by atoms with Crippen molar-refractivity contribution in [3.05, 3.63) is 0 Å². The lowest BCUT2D eigenvalue weighted by Gasteiger charge is -2.28.